The Morgan fingerprint density at radius 3 is 2.15 bits per heavy atom. The standard InChI is InChI=1S/C25H34O2/c1-3-5-6-7-8-20-9-18-25(27-19-20)23-12-10-21(11-13-23)22-14-16-24(17-15-22)26-4-2/h10-17,20,25H,3-9,18-19H2,1-2H3. The summed E-state index contributed by atoms with van der Waals surface area (Å²) < 4.78 is 11.7. The molecule has 3 rings (SSSR count). The van der Waals surface area contributed by atoms with E-state index in [1.807, 2.05) is 19.1 Å². The van der Waals surface area contributed by atoms with Gasteiger partial charge in [0.2, 0.25) is 0 Å². The lowest BCUT2D eigenvalue weighted by Crippen LogP contribution is -2.20. The van der Waals surface area contributed by atoms with Crippen LogP contribution in [0.5, 0.6) is 5.75 Å². The fourth-order valence-corrected chi connectivity index (χ4v) is 3.96. The summed E-state index contributed by atoms with van der Waals surface area (Å²) in [5.74, 6) is 1.69. The molecule has 2 atom stereocenters. The van der Waals surface area contributed by atoms with E-state index in [4.69, 9.17) is 9.47 Å². The molecule has 2 heteroatoms. The highest BCUT2D eigenvalue weighted by atomic mass is 16.5. The van der Waals surface area contributed by atoms with E-state index in [2.05, 4.69) is 43.3 Å². The second-order valence-corrected chi connectivity index (χ2v) is 7.69. The normalized spacial score (nSPS) is 19.8. The Bertz CT molecular complexity index is 652. The van der Waals surface area contributed by atoms with Gasteiger partial charge in [0.15, 0.2) is 0 Å². The van der Waals surface area contributed by atoms with E-state index in [1.54, 1.807) is 0 Å². The lowest BCUT2D eigenvalue weighted by atomic mass is 9.90. The summed E-state index contributed by atoms with van der Waals surface area (Å²) in [5.41, 5.74) is 3.78. The van der Waals surface area contributed by atoms with Crippen LogP contribution in [0.2, 0.25) is 0 Å². The zero-order valence-corrected chi connectivity index (χ0v) is 17.0. The first kappa shape index (κ1) is 19.9. The molecule has 0 N–H and O–H groups in total. The van der Waals surface area contributed by atoms with Crippen molar-refractivity contribution in [2.75, 3.05) is 13.2 Å². The first-order valence-corrected chi connectivity index (χ1v) is 10.7. The van der Waals surface area contributed by atoms with E-state index in [0.29, 0.717) is 6.61 Å². The van der Waals surface area contributed by atoms with Crippen molar-refractivity contribution >= 4 is 0 Å². The summed E-state index contributed by atoms with van der Waals surface area (Å²) in [6.07, 6.45) is 9.49. The van der Waals surface area contributed by atoms with E-state index in [1.165, 1.54) is 55.2 Å². The molecule has 0 saturated carbocycles. The van der Waals surface area contributed by atoms with Crippen LogP contribution in [0.15, 0.2) is 48.5 Å². The molecule has 0 aromatic heterocycles. The van der Waals surface area contributed by atoms with Crippen LogP contribution < -0.4 is 4.74 Å². The van der Waals surface area contributed by atoms with Crippen LogP contribution in [-0.2, 0) is 4.74 Å². The second kappa shape index (κ2) is 10.5. The third-order valence-electron chi connectivity index (χ3n) is 5.62. The number of ether oxygens (including phenoxy) is 2. The van der Waals surface area contributed by atoms with Crippen LogP contribution in [0.25, 0.3) is 11.1 Å². The fraction of sp³-hybridized carbons (Fsp3) is 0.520. The Morgan fingerprint density at radius 1 is 0.852 bits per heavy atom. The van der Waals surface area contributed by atoms with Gasteiger partial charge in [-0.05, 0) is 60.9 Å². The molecule has 1 saturated heterocycles. The molecule has 146 valence electrons. The second-order valence-electron chi connectivity index (χ2n) is 7.69. The lowest BCUT2D eigenvalue weighted by molar-refractivity contribution is -0.0198. The van der Waals surface area contributed by atoms with Gasteiger partial charge in [-0.15, -0.1) is 0 Å². The molecule has 2 unspecified atom stereocenters. The number of rotatable bonds is 9. The smallest absolute Gasteiger partial charge is 0.119 e. The van der Waals surface area contributed by atoms with E-state index in [0.717, 1.165) is 24.7 Å². The van der Waals surface area contributed by atoms with Gasteiger partial charge in [-0.2, -0.15) is 0 Å². The quantitative estimate of drug-likeness (QED) is 0.437. The predicted molar refractivity (Wildman–Crippen MR) is 113 cm³/mol. The van der Waals surface area contributed by atoms with Crippen molar-refractivity contribution in [1.29, 1.82) is 0 Å². The molecule has 1 fully saturated rings. The topological polar surface area (TPSA) is 18.5 Å². The molecule has 27 heavy (non-hydrogen) atoms. The molecule has 0 bridgehead atoms. The Balaban J connectivity index is 1.50. The SMILES string of the molecule is CCCCCCC1CCC(c2ccc(-c3ccc(OCC)cc3)cc2)OC1. The molecule has 1 aliphatic heterocycles. The van der Waals surface area contributed by atoms with E-state index in [9.17, 15) is 0 Å². The molecule has 2 aromatic rings. The van der Waals surface area contributed by atoms with Crippen molar-refractivity contribution in [2.45, 2.75) is 64.9 Å². The van der Waals surface area contributed by atoms with Crippen LogP contribution in [0, 0.1) is 5.92 Å². The van der Waals surface area contributed by atoms with Crippen LogP contribution in [0.3, 0.4) is 0 Å². The van der Waals surface area contributed by atoms with Gasteiger partial charge in [-0.1, -0.05) is 69.0 Å². The van der Waals surface area contributed by atoms with Crippen molar-refractivity contribution in [3.05, 3.63) is 54.1 Å². The lowest BCUT2D eigenvalue weighted by Gasteiger charge is -2.29. The van der Waals surface area contributed by atoms with Gasteiger partial charge in [0.1, 0.15) is 5.75 Å². The van der Waals surface area contributed by atoms with Crippen molar-refractivity contribution in [3.63, 3.8) is 0 Å². The summed E-state index contributed by atoms with van der Waals surface area (Å²) >= 11 is 0. The van der Waals surface area contributed by atoms with Crippen LogP contribution in [0.1, 0.15) is 70.5 Å². The van der Waals surface area contributed by atoms with Crippen LogP contribution >= 0.6 is 0 Å². The van der Waals surface area contributed by atoms with Crippen molar-refractivity contribution in [2.24, 2.45) is 5.92 Å². The van der Waals surface area contributed by atoms with Gasteiger partial charge in [0.05, 0.1) is 19.3 Å². The zero-order valence-electron chi connectivity index (χ0n) is 17.0. The van der Waals surface area contributed by atoms with Crippen molar-refractivity contribution in [1.82, 2.24) is 0 Å². The largest absolute Gasteiger partial charge is 0.494 e. The van der Waals surface area contributed by atoms with Crippen molar-refractivity contribution in [3.8, 4) is 16.9 Å². The first-order chi connectivity index (χ1) is 13.3. The highest BCUT2D eigenvalue weighted by Gasteiger charge is 2.22. The molecule has 1 aliphatic rings. The van der Waals surface area contributed by atoms with E-state index in [-0.39, 0.29) is 6.10 Å². The third-order valence-corrected chi connectivity index (χ3v) is 5.62. The van der Waals surface area contributed by atoms with Crippen molar-refractivity contribution < 1.29 is 9.47 Å². The Morgan fingerprint density at radius 2 is 1.56 bits per heavy atom. The summed E-state index contributed by atoms with van der Waals surface area (Å²) in [6.45, 7) is 5.91. The van der Waals surface area contributed by atoms with Gasteiger partial charge in [0.25, 0.3) is 0 Å². The molecule has 2 nitrogen and oxygen atoms in total. The fourth-order valence-electron chi connectivity index (χ4n) is 3.96. The van der Waals surface area contributed by atoms with Crippen LogP contribution in [-0.4, -0.2) is 13.2 Å². The molecular weight excluding hydrogens is 332 g/mol. The van der Waals surface area contributed by atoms with Gasteiger partial charge < -0.3 is 9.47 Å². The zero-order chi connectivity index (χ0) is 18.9. The summed E-state index contributed by atoms with van der Waals surface area (Å²) in [4.78, 5) is 0. The van der Waals surface area contributed by atoms with Gasteiger partial charge in [0, 0.05) is 0 Å². The Hall–Kier alpha value is -1.80. The molecular formula is C25H34O2. The molecule has 0 aliphatic carbocycles. The van der Waals surface area contributed by atoms with E-state index >= 15 is 0 Å². The first-order valence-electron chi connectivity index (χ1n) is 10.7. The molecule has 2 aromatic carbocycles. The number of hydrogen-bond donors (Lipinski definition) is 0. The van der Waals surface area contributed by atoms with Gasteiger partial charge in [-0.25, -0.2) is 0 Å². The highest BCUT2D eigenvalue weighted by molar-refractivity contribution is 5.64. The third kappa shape index (κ3) is 5.84. The molecule has 0 spiro atoms. The number of benzene rings is 2. The number of hydrogen-bond acceptors (Lipinski definition) is 2. The maximum absolute atomic E-state index is 6.21. The molecule has 1 heterocycles. The molecule has 0 amide bonds. The molecule has 0 radical (unpaired) electrons. The monoisotopic (exact) mass is 366 g/mol. The highest BCUT2D eigenvalue weighted by Crippen LogP contribution is 2.33. The minimum atomic E-state index is 0.270. The Labute approximate surface area is 164 Å². The van der Waals surface area contributed by atoms with Crippen LogP contribution in [0.4, 0.5) is 0 Å². The number of unbranched alkanes of at least 4 members (excludes halogenated alkanes) is 3. The van der Waals surface area contributed by atoms with Gasteiger partial charge >= 0.3 is 0 Å². The Kier molecular flexibility index (Phi) is 7.77. The minimum absolute atomic E-state index is 0.270. The average molecular weight is 367 g/mol. The average Bonchev–Trinajstić information content (AvgIpc) is 2.73. The summed E-state index contributed by atoms with van der Waals surface area (Å²) in [7, 11) is 0. The summed E-state index contributed by atoms with van der Waals surface area (Å²) in [5, 5.41) is 0. The predicted octanol–water partition coefficient (Wildman–Crippen LogP) is 7.19. The minimum Gasteiger partial charge on any atom is -0.494 e. The maximum Gasteiger partial charge on any atom is 0.119 e. The van der Waals surface area contributed by atoms with E-state index < -0.39 is 0 Å². The van der Waals surface area contributed by atoms with Gasteiger partial charge in [-0.3, -0.25) is 0 Å². The summed E-state index contributed by atoms with van der Waals surface area (Å²) in [6, 6.07) is 17.2. The maximum atomic E-state index is 6.21.